The van der Waals surface area contributed by atoms with E-state index >= 15 is 0 Å². The lowest BCUT2D eigenvalue weighted by atomic mass is 9.87. The standard InChI is InChI=1S/C25H27N2O/c1-15-18-8-10-26(5)19(18)13-21-22(15)24-23-17(7-9-27(24)6)11-16(12-20(23)28-21)14-25(2,3)4/h7-13H,14H2,1-6H3/q+1. The largest absolute Gasteiger partial charge is 0.456 e. The normalized spacial score (nSPS) is 12.8. The molecule has 2 aromatic carbocycles. The van der Waals surface area contributed by atoms with Gasteiger partial charge in [-0.3, -0.25) is 0 Å². The summed E-state index contributed by atoms with van der Waals surface area (Å²) in [4.78, 5) is 0. The molecule has 5 rings (SSSR count). The van der Waals surface area contributed by atoms with Gasteiger partial charge in [0.15, 0.2) is 6.20 Å². The molecule has 0 spiro atoms. The highest BCUT2D eigenvalue weighted by molar-refractivity contribution is 6.19. The Kier molecular flexibility index (Phi) is 3.46. The molecule has 0 amide bonds. The first kappa shape index (κ1) is 17.3. The molecule has 0 aliphatic heterocycles. The molecule has 28 heavy (non-hydrogen) atoms. The molecular formula is C25H27N2O+. The van der Waals surface area contributed by atoms with Gasteiger partial charge in [0, 0.05) is 30.1 Å². The molecule has 0 fully saturated rings. The zero-order valence-corrected chi connectivity index (χ0v) is 17.6. The van der Waals surface area contributed by atoms with Gasteiger partial charge >= 0.3 is 0 Å². The zero-order valence-electron chi connectivity index (χ0n) is 17.6. The van der Waals surface area contributed by atoms with Gasteiger partial charge in [0.25, 0.3) is 0 Å². The molecule has 0 saturated heterocycles. The molecule has 0 unspecified atom stereocenters. The number of pyridine rings is 1. The number of hydrogen-bond acceptors (Lipinski definition) is 1. The van der Waals surface area contributed by atoms with Crippen LogP contribution >= 0.6 is 0 Å². The SMILES string of the molecule is Cc1c2cc[n+](C)c2cc2oc3cc(CC(C)(C)C)cc4ccn(C)c(c12)c43. The molecule has 3 heteroatoms. The van der Waals surface area contributed by atoms with E-state index < -0.39 is 0 Å². The van der Waals surface area contributed by atoms with Crippen LogP contribution in [0.4, 0.5) is 0 Å². The summed E-state index contributed by atoms with van der Waals surface area (Å²) in [5, 5.41) is 4.97. The van der Waals surface area contributed by atoms with Gasteiger partial charge in [0.05, 0.1) is 17.0 Å². The second kappa shape index (κ2) is 5.60. The molecule has 0 saturated carbocycles. The highest BCUT2D eigenvalue weighted by Gasteiger charge is 2.20. The Balaban J connectivity index is 1.98. The minimum absolute atomic E-state index is 0.237. The molecule has 0 aliphatic rings. The molecule has 5 aromatic rings. The van der Waals surface area contributed by atoms with Crippen molar-refractivity contribution in [3.63, 3.8) is 0 Å². The number of rotatable bonds is 1. The summed E-state index contributed by atoms with van der Waals surface area (Å²) in [7, 11) is 4.22. The van der Waals surface area contributed by atoms with E-state index in [1.54, 1.807) is 0 Å². The van der Waals surface area contributed by atoms with E-state index in [1.165, 1.54) is 43.7 Å². The van der Waals surface area contributed by atoms with Crippen molar-refractivity contribution in [1.29, 1.82) is 0 Å². The van der Waals surface area contributed by atoms with Crippen LogP contribution < -0.4 is 4.57 Å². The van der Waals surface area contributed by atoms with Crippen LogP contribution in [0.1, 0.15) is 31.9 Å². The number of fused-ring (bicyclic) bond motifs is 3. The van der Waals surface area contributed by atoms with E-state index in [2.05, 4.69) is 93.7 Å². The van der Waals surface area contributed by atoms with Gasteiger partial charge in [-0.15, -0.1) is 0 Å². The van der Waals surface area contributed by atoms with Gasteiger partial charge < -0.3 is 8.98 Å². The summed E-state index contributed by atoms with van der Waals surface area (Å²) in [5.74, 6) is 0. The highest BCUT2D eigenvalue weighted by Crippen LogP contribution is 2.38. The van der Waals surface area contributed by atoms with Crippen molar-refractivity contribution in [3.05, 3.63) is 53.9 Å². The van der Waals surface area contributed by atoms with Crippen LogP contribution in [0, 0.1) is 12.3 Å². The Bertz CT molecular complexity index is 1390. The van der Waals surface area contributed by atoms with Crippen molar-refractivity contribution in [2.75, 3.05) is 0 Å². The lowest BCUT2D eigenvalue weighted by Gasteiger charge is -2.20. The van der Waals surface area contributed by atoms with Gasteiger partial charge in [0.1, 0.15) is 18.2 Å². The Hall–Kier alpha value is -2.81. The van der Waals surface area contributed by atoms with Gasteiger partial charge in [0.2, 0.25) is 5.52 Å². The fourth-order valence-electron chi connectivity index (χ4n) is 4.67. The molecule has 3 heterocycles. The monoisotopic (exact) mass is 371 g/mol. The number of nitrogens with zero attached hydrogens (tertiary/aromatic N) is 2. The molecule has 0 radical (unpaired) electrons. The minimum atomic E-state index is 0.237. The summed E-state index contributed by atoms with van der Waals surface area (Å²) in [6.45, 7) is 9.06. The Morgan fingerprint density at radius 3 is 2.54 bits per heavy atom. The summed E-state index contributed by atoms with van der Waals surface area (Å²) >= 11 is 0. The molecular weight excluding hydrogens is 344 g/mol. The van der Waals surface area contributed by atoms with E-state index in [1.807, 2.05) is 0 Å². The Labute approximate surface area is 165 Å². The van der Waals surface area contributed by atoms with E-state index in [9.17, 15) is 0 Å². The number of aryl methyl sites for hydroxylation is 3. The molecule has 0 bridgehead atoms. The second-order valence-corrected chi connectivity index (χ2v) is 9.41. The van der Waals surface area contributed by atoms with Crippen LogP contribution in [0.25, 0.3) is 43.7 Å². The van der Waals surface area contributed by atoms with E-state index in [-0.39, 0.29) is 5.41 Å². The maximum Gasteiger partial charge on any atom is 0.216 e. The fraction of sp³-hybridized carbons (Fsp3) is 0.320. The summed E-state index contributed by atoms with van der Waals surface area (Å²) in [6.07, 6.45) is 5.32. The number of hydrogen-bond donors (Lipinski definition) is 0. The quantitative estimate of drug-likeness (QED) is 0.203. The summed E-state index contributed by atoms with van der Waals surface area (Å²) in [5.41, 5.74) is 7.23. The van der Waals surface area contributed by atoms with Crippen molar-refractivity contribution in [1.82, 2.24) is 4.57 Å². The topological polar surface area (TPSA) is 21.9 Å². The molecule has 3 aromatic heterocycles. The van der Waals surface area contributed by atoms with Crippen LogP contribution in [0.5, 0.6) is 0 Å². The fourth-order valence-corrected chi connectivity index (χ4v) is 4.67. The highest BCUT2D eigenvalue weighted by atomic mass is 16.3. The van der Waals surface area contributed by atoms with E-state index in [0.29, 0.717) is 0 Å². The minimum Gasteiger partial charge on any atom is -0.456 e. The Morgan fingerprint density at radius 1 is 1.04 bits per heavy atom. The first-order valence-electron chi connectivity index (χ1n) is 9.95. The van der Waals surface area contributed by atoms with Gasteiger partial charge in [-0.05, 0) is 47.4 Å². The van der Waals surface area contributed by atoms with Gasteiger partial charge in [-0.1, -0.05) is 26.8 Å². The van der Waals surface area contributed by atoms with Crippen molar-refractivity contribution in [2.24, 2.45) is 19.5 Å². The second-order valence-electron chi connectivity index (χ2n) is 9.41. The van der Waals surface area contributed by atoms with Crippen LogP contribution in [0.2, 0.25) is 0 Å². The van der Waals surface area contributed by atoms with E-state index in [4.69, 9.17) is 4.42 Å². The molecule has 142 valence electrons. The molecule has 0 aliphatic carbocycles. The first-order valence-corrected chi connectivity index (χ1v) is 9.95. The van der Waals surface area contributed by atoms with Crippen molar-refractivity contribution >= 4 is 43.7 Å². The first-order chi connectivity index (χ1) is 13.2. The summed E-state index contributed by atoms with van der Waals surface area (Å²) in [6, 6.07) is 11.2. The molecule has 3 nitrogen and oxygen atoms in total. The van der Waals surface area contributed by atoms with Crippen molar-refractivity contribution in [3.8, 4) is 0 Å². The zero-order chi connectivity index (χ0) is 19.8. The van der Waals surface area contributed by atoms with Crippen LogP contribution in [0.15, 0.2) is 47.1 Å². The third kappa shape index (κ3) is 2.46. The Morgan fingerprint density at radius 2 is 1.79 bits per heavy atom. The van der Waals surface area contributed by atoms with Gasteiger partial charge in [-0.25, -0.2) is 4.57 Å². The third-order valence-electron chi connectivity index (χ3n) is 5.86. The maximum atomic E-state index is 6.55. The van der Waals surface area contributed by atoms with Crippen molar-refractivity contribution in [2.45, 2.75) is 34.1 Å². The third-order valence-corrected chi connectivity index (χ3v) is 5.86. The lowest BCUT2D eigenvalue weighted by Crippen LogP contribution is -2.24. The average molecular weight is 372 g/mol. The average Bonchev–Trinajstić information content (AvgIpc) is 2.97. The van der Waals surface area contributed by atoms with E-state index in [0.717, 1.165) is 17.6 Å². The molecule has 0 N–H and O–H groups in total. The van der Waals surface area contributed by atoms with Crippen LogP contribution in [-0.2, 0) is 20.5 Å². The molecule has 0 atom stereocenters. The number of aromatic nitrogens is 2. The predicted molar refractivity (Wildman–Crippen MR) is 117 cm³/mol. The van der Waals surface area contributed by atoms with Gasteiger partial charge in [-0.2, -0.15) is 0 Å². The lowest BCUT2D eigenvalue weighted by molar-refractivity contribution is -0.642. The summed E-state index contributed by atoms with van der Waals surface area (Å²) < 4.78 is 10.9. The number of benzene rings is 2. The van der Waals surface area contributed by atoms with Crippen LogP contribution in [-0.4, -0.2) is 4.57 Å². The van der Waals surface area contributed by atoms with Crippen LogP contribution in [0.3, 0.4) is 0 Å². The predicted octanol–water partition coefficient (Wildman–Crippen LogP) is 5.95. The smallest absolute Gasteiger partial charge is 0.216 e. The van der Waals surface area contributed by atoms with Crippen molar-refractivity contribution < 1.29 is 8.98 Å². The maximum absolute atomic E-state index is 6.55.